The summed E-state index contributed by atoms with van der Waals surface area (Å²) in [7, 11) is 0. The molecule has 0 N–H and O–H groups in total. The summed E-state index contributed by atoms with van der Waals surface area (Å²) in [5, 5.41) is 2.31. The van der Waals surface area contributed by atoms with Gasteiger partial charge in [-0.25, -0.2) is 0 Å². The molecule has 1 aliphatic heterocycles. The molecule has 2 aromatic heterocycles. The molecule has 0 spiro atoms. The Morgan fingerprint density at radius 2 is 2.30 bits per heavy atom. The van der Waals surface area contributed by atoms with Gasteiger partial charge in [-0.2, -0.15) is 15.0 Å². The largest absolute Gasteiger partial charge is 0.463 e. The van der Waals surface area contributed by atoms with Crippen molar-refractivity contribution >= 4 is 28.9 Å². The SMILES string of the molecule is CCCOc1nc(Cl)nc(N2CCc3sccc3C2)n1. The van der Waals surface area contributed by atoms with Crippen LogP contribution in [-0.4, -0.2) is 28.1 Å². The maximum atomic E-state index is 5.96. The zero-order valence-electron chi connectivity index (χ0n) is 11.2. The minimum absolute atomic E-state index is 0.178. The molecule has 0 saturated heterocycles. The first-order valence-corrected chi connectivity index (χ1v) is 7.86. The smallest absolute Gasteiger partial charge is 0.322 e. The minimum atomic E-state index is 0.178. The summed E-state index contributed by atoms with van der Waals surface area (Å²) in [5.41, 5.74) is 1.34. The fourth-order valence-electron chi connectivity index (χ4n) is 2.14. The highest BCUT2D eigenvalue weighted by Crippen LogP contribution is 2.27. The van der Waals surface area contributed by atoms with E-state index in [1.165, 1.54) is 10.4 Å². The summed E-state index contributed by atoms with van der Waals surface area (Å²) in [5.74, 6) is 0.591. The molecule has 0 aromatic carbocycles. The van der Waals surface area contributed by atoms with E-state index in [1.807, 2.05) is 18.3 Å². The first-order chi connectivity index (χ1) is 9.76. The second-order valence-electron chi connectivity index (χ2n) is 4.58. The van der Waals surface area contributed by atoms with Crippen LogP contribution in [0.25, 0.3) is 0 Å². The summed E-state index contributed by atoms with van der Waals surface area (Å²) in [6, 6.07) is 2.46. The Kier molecular flexibility index (Phi) is 4.03. The fourth-order valence-corrected chi connectivity index (χ4v) is 3.18. The van der Waals surface area contributed by atoms with Crippen LogP contribution in [0.15, 0.2) is 11.4 Å². The van der Waals surface area contributed by atoms with Crippen molar-refractivity contribution in [2.24, 2.45) is 0 Å². The van der Waals surface area contributed by atoms with E-state index in [-0.39, 0.29) is 5.28 Å². The Labute approximate surface area is 126 Å². The van der Waals surface area contributed by atoms with Gasteiger partial charge in [-0.15, -0.1) is 11.3 Å². The van der Waals surface area contributed by atoms with Crippen LogP contribution in [0.3, 0.4) is 0 Å². The van der Waals surface area contributed by atoms with Crippen LogP contribution in [0.2, 0.25) is 5.28 Å². The van der Waals surface area contributed by atoms with Crippen LogP contribution >= 0.6 is 22.9 Å². The first-order valence-electron chi connectivity index (χ1n) is 6.61. The van der Waals surface area contributed by atoms with E-state index < -0.39 is 0 Å². The molecule has 0 atom stereocenters. The molecule has 0 bridgehead atoms. The third-order valence-electron chi connectivity index (χ3n) is 3.10. The highest BCUT2D eigenvalue weighted by molar-refractivity contribution is 7.10. The number of ether oxygens (including phenoxy) is 1. The monoisotopic (exact) mass is 310 g/mol. The van der Waals surface area contributed by atoms with Crippen molar-refractivity contribution in [3.8, 4) is 6.01 Å². The lowest BCUT2D eigenvalue weighted by Crippen LogP contribution is -2.31. The molecular formula is C13H15ClN4OS. The van der Waals surface area contributed by atoms with Crippen molar-refractivity contribution in [1.82, 2.24) is 15.0 Å². The molecule has 7 heteroatoms. The molecule has 0 saturated carbocycles. The Balaban J connectivity index is 1.82. The number of nitrogens with zero attached hydrogens (tertiary/aromatic N) is 4. The van der Waals surface area contributed by atoms with Crippen molar-refractivity contribution in [2.75, 3.05) is 18.1 Å². The highest BCUT2D eigenvalue weighted by Gasteiger charge is 2.20. The molecule has 5 nitrogen and oxygen atoms in total. The number of hydrogen-bond acceptors (Lipinski definition) is 6. The first kappa shape index (κ1) is 13.6. The number of rotatable bonds is 4. The van der Waals surface area contributed by atoms with Gasteiger partial charge in [0, 0.05) is 18.0 Å². The molecule has 106 valence electrons. The molecular weight excluding hydrogens is 296 g/mol. The standard InChI is InChI=1S/C13H15ClN4OS/c1-2-6-19-13-16-11(14)15-12(17-13)18-5-3-10-9(8-18)4-7-20-10/h4,7H,2-3,5-6,8H2,1H3. The zero-order chi connectivity index (χ0) is 13.9. The van der Waals surface area contributed by atoms with E-state index in [0.29, 0.717) is 18.6 Å². The second-order valence-corrected chi connectivity index (χ2v) is 5.91. The van der Waals surface area contributed by atoms with Gasteiger partial charge in [0.15, 0.2) is 0 Å². The predicted octanol–water partition coefficient (Wildman–Crippen LogP) is 2.94. The summed E-state index contributed by atoms with van der Waals surface area (Å²) < 4.78 is 5.45. The van der Waals surface area contributed by atoms with E-state index >= 15 is 0 Å². The minimum Gasteiger partial charge on any atom is -0.463 e. The Hall–Kier alpha value is -1.40. The van der Waals surface area contributed by atoms with Gasteiger partial charge in [0.2, 0.25) is 11.2 Å². The van der Waals surface area contributed by atoms with Crippen LogP contribution in [0.5, 0.6) is 6.01 Å². The third kappa shape index (κ3) is 2.86. The Morgan fingerprint density at radius 1 is 1.40 bits per heavy atom. The molecule has 1 aliphatic rings. The van der Waals surface area contributed by atoms with Gasteiger partial charge in [0.1, 0.15) is 0 Å². The van der Waals surface area contributed by atoms with Crippen molar-refractivity contribution in [1.29, 1.82) is 0 Å². The van der Waals surface area contributed by atoms with Crippen molar-refractivity contribution < 1.29 is 4.74 Å². The van der Waals surface area contributed by atoms with Gasteiger partial charge in [0.05, 0.1) is 6.61 Å². The maximum Gasteiger partial charge on any atom is 0.322 e. The molecule has 2 aromatic rings. The highest BCUT2D eigenvalue weighted by atomic mass is 35.5. The van der Waals surface area contributed by atoms with Gasteiger partial charge < -0.3 is 9.64 Å². The molecule has 0 amide bonds. The van der Waals surface area contributed by atoms with E-state index in [1.54, 1.807) is 0 Å². The van der Waals surface area contributed by atoms with E-state index in [2.05, 4.69) is 31.3 Å². The fraction of sp³-hybridized carbons (Fsp3) is 0.462. The third-order valence-corrected chi connectivity index (χ3v) is 4.29. The average molecular weight is 311 g/mol. The number of halogens is 1. The zero-order valence-corrected chi connectivity index (χ0v) is 12.7. The normalized spacial score (nSPS) is 14.2. The van der Waals surface area contributed by atoms with Crippen LogP contribution in [0.1, 0.15) is 23.8 Å². The summed E-state index contributed by atoms with van der Waals surface area (Å²) in [6.45, 7) is 4.31. The number of hydrogen-bond donors (Lipinski definition) is 0. The number of thiophene rings is 1. The lowest BCUT2D eigenvalue weighted by Gasteiger charge is -2.26. The van der Waals surface area contributed by atoms with Crippen LogP contribution < -0.4 is 9.64 Å². The lowest BCUT2D eigenvalue weighted by atomic mass is 10.1. The second kappa shape index (κ2) is 5.93. The van der Waals surface area contributed by atoms with Crippen molar-refractivity contribution in [3.05, 3.63) is 27.2 Å². The number of aromatic nitrogens is 3. The van der Waals surface area contributed by atoms with Gasteiger partial charge in [-0.05, 0) is 41.5 Å². The molecule has 0 unspecified atom stereocenters. The van der Waals surface area contributed by atoms with Crippen LogP contribution in [0.4, 0.5) is 5.95 Å². The Bertz CT molecular complexity index is 604. The summed E-state index contributed by atoms with van der Waals surface area (Å²) in [4.78, 5) is 16.1. The van der Waals surface area contributed by atoms with Gasteiger partial charge in [-0.1, -0.05) is 6.92 Å². The molecule has 0 fully saturated rings. The molecule has 3 heterocycles. The summed E-state index contributed by atoms with van der Waals surface area (Å²) >= 11 is 7.77. The van der Waals surface area contributed by atoms with E-state index in [0.717, 1.165) is 25.9 Å². The van der Waals surface area contributed by atoms with Gasteiger partial charge >= 0.3 is 6.01 Å². The van der Waals surface area contributed by atoms with E-state index in [4.69, 9.17) is 16.3 Å². The van der Waals surface area contributed by atoms with Crippen LogP contribution in [0, 0.1) is 0 Å². The maximum absolute atomic E-state index is 5.96. The molecule has 20 heavy (non-hydrogen) atoms. The predicted molar refractivity (Wildman–Crippen MR) is 79.7 cm³/mol. The van der Waals surface area contributed by atoms with Crippen molar-refractivity contribution in [3.63, 3.8) is 0 Å². The molecule has 3 rings (SSSR count). The quantitative estimate of drug-likeness (QED) is 0.869. The lowest BCUT2D eigenvalue weighted by molar-refractivity contribution is 0.291. The summed E-state index contributed by atoms with van der Waals surface area (Å²) in [6.07, 6.45) is 1.92. The van der Waals surface area contributed by atoms with Crippen molar-refractivity contribution in [2.45, 2.75) is 26.3 Å². The van der Waals surface area contributed by atoms with Gasteiger partial charge in [0.25, 0.3) is 0 Å². The molecule has 0 radical (unpaired) electrons. The van der Waals surface area contributed by atoms with Crippen LogP contribution in [-0.2, 0) is 13.0 Å². The number of anilines is 1. The topological polar surface area (TPSA) is 51.1 Å². The molecule has 0 aliphatic carbocycles. The Morgan fingerprint density at radius 3 is 3.15 bits per heavy atom. The average Bonchev–Trinajstić information content (AvgIpc) is 2.92. The van der Waals surface area contributed by atoms with Gasteiger partial charge in [-0.3, -0.25) is 0 Å². The van der Waals surface area contributed by atoms with E-state index in [9.17, 15) is 0 Å². The number of fused-ring (bicyclic) bond motifs is 1.